The van der Waals surface area contributed by atoms with Crippen molar-refractivity contribution in [2.45, 2.75) is 50.9 Å². The molecule has 228 valence electrons. The number of hydrogen-bond donors (Lipinski definition) is 2. The highest BCUT2D eigenvalue weighted by atomic mass is 35.5. The Hall–Kier alpha value is -3.10. The molecule has 3 aliphatic heterocycles. The second kappa shape index (κ2) is 14.6. The Morgan fingerprint density at radius 3 is 2.40 bits per heavy atom. The van der Waals surface area contributed by atoms with Crippen LogP contribution in [0.3, 0.4) is 0 Å². The van der Waals surface area contributed by atoms with Crippen LogP contribution in [0.1, 0.15) is 35.1 Å². The van der Waals surface area contributed by atoms with Crippen molar-refractivity contribution in [1.29, 1.82) is 0 Å². The van der Waals surface area contributed by atoms with Crippen molar-refractivity contribution in [3.05, 3.63) is 100 Å². The Morgan fingerprint density at radius 2 is 1.65 bits per heavy atom. The summed E-state index contributed by atoms with van der Waals surface area (Å²) in [5.41, 5.74) is 6.12. The lowest BCUT2D eigenvalue weighted by Crippen LogP contribution is -2.55. The highest BCUT2D eigenvalue weighted by Crippen LogP contribution is 2.25. The van der Waals surface area contributed by atoms with Crippen LogP contribution < -0.4 is 15.5 Å². The van der Waals surface area contributed by atoms with Crippen LogP contribution in [0.25, 0.3) is 0 Å². The number of nitrogens with one attached hydrogen (secondary N) is 2. The first-order valence-electron chi connectivity index (χ1n) is 15.2. The van der Waals surface area contributed by atoms with Gasteiger partial charge in [0.2, 0.25) is 11.8 Å². The molecule has 2 fully saturated rings. The SMILES string of the molecule is Cl.O=C(N[C@H](Cc1ccc(Cl)cc1)CN1CCN(c2ccccc2CN2CCCC2=O)CC1)[C@@H]1Cc2ccccc2CN1. The van der Waals surface area contributed by atoms with Crippen molar-refractivity contribution in [2.24, 2.45) is 0 Å². The molecular weight excluding hydrogens is 581 g/mol. The molecule has 43 heavy (non-hydrogen) atoms. The van der Waals surface area contributed by atoms with E-state index in [1.807, 2.05) is 23.1 Å². The molecule has 3 aromatic rings. The van der Waals surface area contributed by atoms with Crippen LogP contribution in [0.2, 0.25) is 5.02 Å². The van der Waals surface area contributed by atoms with Crippen LogP contribution in [0.4, 0.5) is 5.69 Å². The first-order chi connectivity index (χ1) is 20.5. The van der Waals surface area contributed by atoms with Gasteiger partial charge in [0.15, 0.2) is 0 Å². The lowest BCUT2D eigenvalue weighted by molar-refractivity contribution is -0.128. The first-order valence-corrected chi connectivity index (χ1v) is 15.6. The molecule has 0 aliphatic carbocycles. The van der Waals surface area contributed by atoms with E-state index in [-0.39, 0.29) is 36.3 Å². The number of fused-ring (bicyclic) bond motifs is 1. The van der Waals surface area contributed by atoms with Gasteiger partial charge in [-0.05, 0) is 59.7 Å². The van der Waals surface area contributed by atoms with Crippen molar-refractivity contribution in [1.82, 2.24) is 20.4 Å². The van der Waals surface area contributed by atoms with Crippen LogP contribution in [0.5, 0.6) is 0 Å². The number of anilines is 1. The predicted molar refractivity (Wildman–Crippen MR) is 175 cm³/mol. The van der Waals surface area contributed by atoms with Gasteiger partial charge in [0.25, 0.3) is 0 Å². The molecule has 3 aromatic carbocycles. The quantitative estimate of drug-likeness (QED) is 0.370. The third-order valence-electron chi connectivity index (χ3n) is 8.86. The molecule has 3 heterocycles. The Bertz CT molecular complexity index is 1390. The molecule has 2 atom stereocenters. The third-order valence-corrected chi connectivity index (χ3v) is 9.11. The van der Waals surface area contributed by atoms with E-state index in [4.69, 9.17) is 11.6 Å². The van der Waals surface area contributed by atoms with E-state index in [0.717, 1.165) is 62.7 Å². The van der Waals surface area contributed by atoms with Gasteiger partial charge in [0.1, 0.15) is 0 Å². The second-order valence-electron chi connectivity index (χ2n) is 11.8. The Labute approximate surface area is 266 Å². The third kappa shape index (κ3) is 7.90. The minimum absolute atomic E-state index is 0. The molecule has 2 saturated heterocycles. The Kier molecular flexibility index (Phi) is 10.6. The molecule has 0 radical (unpaired) electrons. The fourth-order valence-electron chi connectivity index (χ4n) is 6.52. The van der Waals surface area contributed by atoms with Crippen molar-refractivity contribution >= 4 is 41.5 Å². The van der Waals surface area contributed by atoms with E-state index in [9.17, 15) is 9.59 Å². The van der Waals surface area contributed by atoms with Crippen LogP contribution >= 0.6 is 24.0 Å². The van der Waals surface area contributed by atoms with Crippen molar-refractivity contribution < 1.29 is 9.59 Å². The molecule has 3 aliphatic rings. The highest BCUT2D eigenvalue weighted by Gasteiger charge is 2.28. The van der Waals surface area contributed by atoms with Crippen LogP contribution in [0.15, 0.2) is 72.8 Å². The molecular formula is C34H41Cl2N5O2. The van der Waals surface area contributed by atoms with E-state index in [1.165, 1.54) is 22.4 Å². The average molecular weight is 623 g/mol. The summed E-state index contributed by atoms with van der Waals surface area (Å²) in [6.45, 7) is 6.69. The molecule has 2 amide bonds. The zero-order valence-electron chi connectivity index (χ0n) is 24.5. The van der Waals surface area contributed by atoms with Gasteiger partial charge < -0.3 is 20.4 Å². The average Bonchev–Trinajstić information content (AvgIpc) is 3.42. The number of halogens is 2. The predicted octanol–water partition coefficient (Wildman–Crippen LogP) is 4.45. The molecule has 2 N–H and O–H groups in total. The number of likely N-dealkylation sites (tertiary alicyclic amines) is 1. The lowest BCUT2D eigenvalue weighted by atomic mass is 9.95. The zero-order valence-corrected chi connectivity index (χ0v) is 26.1. The summed E-state index contributed by atoms with van der Waals surface area (Å²) in [5, 5.41) is 7.55. The van der Waals surface area contributed by atoms with E-state index in [2.05, 4.69) is 75.0 Å². The minimum Gasteiger partial charge on any atom is -0.369 e. The van der Waals surface area contributed by atoms with Gasteiger partial charge in [-0.1, -0.05) is 66.2 Å². The zero-order chi connectivity index (χ0) is 28.9. The van der Waals surface area contributed by atoms with Crippen molar-refractivity contribution in [2.75, 3.05) is 44.2 Å². The minimum atomic E-state index is -0.233. The molecule has 0 saturated carbocycles. The summed E-state index contributed by atoms with van der Waals surface area (Å²) in [7, 11) is 0. The first kappa shape index (κ1) is 31.3. The van der Waals surface area contributed by atoms with Crippen LogP contribution in [-0.4, -0.2) is 73.0 Å². The number of amides is 2. The van der Waals surface area contributed by atoms with Gasteiger partial charge >= 0.3 is 0 Å². The number of hydrogen-bond acceptors (Lipinski definition) is 5. The Morgan fingerprint density at radius 1 is 0.930 bits per heavy atom. The normalized spacial score (nSPS) is 19.5. The maximum Gasteiger partial charge on any atom is 0.237 e. The molecule has 6 rings (SSSR count). The summed E-state index contributed by atoms with van der Waals surface area (Å²) in [5.74, 6) is 0.323. The summed E-state index contributed by atoms with van der Waals surface area (Å²) in [6.07, 6.45) is 3.08. The second-order valence-corrected chi connectivity index (χ2v) is 12.2. The number of nitrogens with zero attached hydrogens (tertiary/aromatic N) is 3. The fourth-order valence-corrected chi connectivity index (χ4v) is 6.65. The lowest BCUT2D eigenvalue weighted by Gasteiger charge is -2.39. The molecule has 0 unspecified atom stereocenters. The summed E-state index contributed by atoms with van der Waals surface area (Å²) in [4.78, 5) is 32.6. The van der Waals surface area contributed by atoms with E-state index >= 15 is 0 Å². The van der Waals surface area contributed by atoms with E-state index < -0.39 is 0 Å². The van der Waals surface area contributed by atoms with Gasteiger partial charge in [-0.15, -0.1) is 12.4 Å². The van der Waals surface area contributed by atoms with Crippen molar-refractivity contribution in [3.8, 4) is 0 Å². The van der Waals surface area contributed by atoms with E-state index in [0.29, 0.717) is 25.9 Å². The smallest absolute Gasteiger partial charge is 0.237 e. The number of carbonyl (C=O) groups is 2. The highest BCUT2D eigenvalue weighted by molar-refractivity contribution is 6.30. The molecule has 7 nitrogen and oxygen atoms in total. The number of piperazine rings is 1. The number of benzene rings is 3. The molecule has 0 spiro atoms. The van der Waals surface area contributed by atoms with Crippen LogP contribution in [-0.2, 0) is 35.5 Å². The molecule has 9 heteroatoms. The maximum atomic E-state index is 13.5. The summed E-state index contributed by atoms with van der Waals surface area (Å²) >= 11 is 6.15. The van der Waals surface area contributed by atoms with Gasteiger partial charge in [-0.2, -0.15) is 0 Å². The molecule has 0 aromatic heterocycles. The van der Waals surface area contributed by atoms with Crippen molar-refractivity contribution in [3.63, 3.8) is 0 Å². The van der Waals surface area contributed by atoms with Gasteiger partial charge in [-0.25, -0.2) is 0 Å². The molecule has 0 bridgehead atoms. The van der Waals surface area contributed by atoms with Gasteiger partial charge in [-0.3, -0.25) is 14.5 Å². The van der Waals surface area contributed by atoms with Crippen LogP contribution in [0, 0.1) is 0 Å². The van der Waals surface area contributed by atoms with Gasteiger partial charge in [0, 0.05) is 75.5 Å². The summed E-state index contributed by atoms with van der Waals surface area (Å²) < 4.78 is 0. The Balaban J connectivity index is 0.00000368. The number of para-hydroxylation sites is 1. The number of carbonyl (C=O) groups excluding carboxylic acids is 2. The van der Waals surface area contributed by atoms with Gasteiger partial charge in [0.05, 0.1) is 6.04 Å². The van der Waals surface area contributed by atoms with E-state index in [1.54, 1.807) is 0 Å². The standard InChI is InChI=1S/C34H40ClN5O2.ClH/c35-29-13-11-25(12-14-29)20-30(37-34(42)31-21-26-6-1-2-7-27(26)22-36-31)24-38-16-18-39(19-17-38)32-9-4-3-8-28(32)23-40-15-5-10-33(40)41;/h1-4,6-9,11-14,30-31,36H,5,10,15-24H2,(H,37,42);1H/t30-,31+;/m1./s1. The maximum absolute atomic E-state index is 13.5. The summed E-state index contributed by atoms with van der Waals surface area (Å²) in [6, 6.07) is 24.5. The topological polar surface area (TPSA) is 67.9 Å². The number of rotatable bonds is 9. The fraction of sp³-hybridized carbons (Fsp3) is 0.412. The largest absolute Gasteiger partial charge is 0.369 e. The monoisotopic (exact) mass is 621 g/mol.